The summed E-state index contributed by atoms with van der Waals surface area (Å²) in [5.41, 5.74) is 10.4. The van der Waals surface area contributed by atoms with Crippen molar-refractivity contribution in [2.75, 3.05) is 13.1 Å². The Morgan fingerprint density at radius 3 is 2.71 bits per heavy atom. The zero-order valence-electron chi connectivity index (χ0n) is 16.9. The summed E-state index contributed by atoms with van der Waals surface area (Å²) >= 11 is 0. The minimum Gasteiger partial charge on any atom is -0.341 e. The van der Waals surface area contributed by atoms with Gasteiger partial charge in [0, 0.05) is 37.7 Å². The Balaban J connectivity index is 1.58. The standard InChI is InChI=1S/C22H31N5O/c1-16(2)13-18-14-19(25-24-18)22-21(17-7-4-3-5-8-17)23-15-27(22)12-11-26-10-6-9-20(26)28/h3-5,7-8,15-16,18-19,24-25H,6,9-14H2,1-2H3. The van der Waals surface area contributed by atoms with Gasteiger partial charge in [0.2, 0.25) is 5.91 Å². The van der Waals surface area contributed by atoms with E-state index in [2.05, 4.69) is 53.5 Å². The van der Waals surface area contributed by atoms with Crippen LogP contribution in [0.1, 0.15) is 51.3 Å². The summed E-state index contributed by atoms with van der Waals surface area (Å²) in [5, 5.41) is 0. The highest BCUT2D eigenvalue weighted by Crippen LogP contribution is 2.32. The van der Waals surface area contributed by atoms with Crippen LogP contribution < -0.4 is 10.9 Å². The van der Waals surface area contributed by atoms with E-state index in [9.17, 15) is 4.79 Å². The number of hydrogen-bond acceptors (Lipinski definition) is 4. The van der Waals surface area contributed by atoms with E-state index >= 15 is 0 Å². The van der Waals surface area contributed by atoms with Crippen LogP contribution in [-0.2, 0) is 11.3 Å². The first-order valence-electron chi connectivity index (χ1n) is 10.5. The molecule has 2 fully saturated rings. The van der Waals surface area contributed by atoms with Crippen molar-refractivity contribution in [3.8, 4) is 11.3 Å². The van der Waals surface area contributed by atoms with Gasteiger partial charge in [0.05, 0.1) is 23.8 Å². The van der Waals surface area contributed by atoms with Gasteiger partial charge in [-0.1, -0.05) is 44.2 Å². The Hall–Kier alpha value is -2.18. The van der Waals surface area contributed by atoms with Gasteiger partial charge >= 0.3 is 0 Å². The Morgan fingerprint density at radius 2 is 2.00 bits per heavy atom. The minimum absolute atomic E-state index is 0.218. The third kappa shape index (κ3) is 4.13. The number of carbonyl (C=O) groups is 1. The predicted octanol–water partition coefficient (Wildman–Crippen LogP) is 3.13. The molecule has 6 heteroatoms. The number of rotatable bonds is 7. The predicted molar refractivity (Wildman–Crippen MR) is 110 cm³/mol. The van der Waals surface area contributed by atoms with E-state index in [0.29, 0.717) is 18.4 Å². The van der Waals surface area contributed by atoms with E-state index in [-0.39, 0.29) is 11.9 Å². The van der Waals surface area contributed by atoms with Gasteiger partial charge in [0.25, 0.3) is 0 Å². The van der Waals surface area contributed by atoms with Gasteiger partial charge in [-0.3, -0.25) is 10.2 Å². The number of nitrogens with zero attached hydrogens (tertiary/aromatic N) is 3. The van der Waals surface area contributed by atoms with Gasteiger partial charge in [0.15, 0.2) is 0 Å². The molecule has 0 spiro atoms. The van der Waals surface area contributed by atoms with Crippen LogP contribution in [0, 0.1) is 5.92 Å². The van der Waals surface area contributed by atoms with Crippen molar-refractivity contribution < 1.29 is 4.79 Å². The molecule has 1 aromatic carbocycles. The molecule has 2 N–H and O–H groups in total. The number of likely N-dealkylation sites (tertiary alicyclic amines) is 1. The second kappa shape index (κ2) is 8.45. The summed E-state index contributed by atoms with van der Waals surface area (Å²) in [6.07, 6.45) is 5.81. The van der Waals surface area contributed by atoms with E-state index in [4.69, 9.17) is 4.98 Å². The number of hydrogen-bond donors (Lipinski definition) is 2. The lowest BCUT2D eigenvalue weighted by atomic mass is 9.97. The lowest BCUT2D eigenvalue weighted by Crippen LogP contribution is -2.32. The van der Waals surface area contributed by atoms with E-state index in [1.165, 1.54) is 5.69 Å². The Bertz CT molecular complexity index is 801. The third-order valence-corrected chi connectivity index (χ3v) is 5.78. The molecule has 4 rings (SSSR count). The van der Waals surface area contributed by atoms with Crippen molar-refractivity contribution in [3.63, 3.8) is 0 Å². The first kappa shape index (κ1) is 19.2. The van der Waals surface area contributed by atoms with Gasteiger partial charge in [-0.05, 0) is 25.2 Å². The summed E-state index contributed by atoms with van der Waals surface area (Å²) in [7, 11) is 0. The molecule has 1 amide bonds. The number of nitrogens with one attached hydrogen (secondary N) is 2. The molecule has 0 bridgehead atoms. The topological polar surface area (TPSA) is 62.2 Å². The van der Waals surface area contributed by atoms with Gasteiger partial charge in [-0.15, -0.1) is 0 Å². The molecule has 0 radical (unpaired) electrons. The molecule has 1 aromatic heterocycles. The number of benzene rings is 1. The Morgan fingerprint density at radius 1 is 1.18 bits per heavy atom. The highest BCUT2D eigenvalue weighted by molar-refractivity contribution is 5.78. The first-order chi connectivity index (χ1) is 13.6. The Labute approximate surface area is 167 Å². The highest BCUT2D eigenvalue weighted by atomic mass is 16.2. The van der Waals surface area contributed by atoms with Crippen LogP contribution in [0.3, 0.4) is 0 Å². The van der Waals surface area contributed by atoms with Crippen molar-refractivity contribution in [3.05, 3.63) is 42.4 Å². The van der Waals surface area contributed by atoms with Crippen LogP contribution >= 0.6 is 0 Å². The van der Waals surface area contributed by atoms with E-state index in [1.54, 1.807) is 0 Å². The molecule has 3 heterocycles. The SMILES string of the molecule is CC(C)CC1CC(c2c(-c3ccccc3)ncn2CCN2CCCC2=O)NN1. The molecule has 2 unspecified atom stereocenters. The maximum Gasteiger partial charge on any atom is 0.222 e. The summed E-state index contributed by atoms with van der Waals surface area (Å²) in [4.78, 5) is 18.7. The number of amides is 1. The molecular weight excluding hydrogens is 350 g/mol. The van der Waals surface area contributed by atoms with Crippen LogP contribution in [0.4, 0.5) is 0 Å². The molecule has 150 valence electrons. The van der Waals surface area contributed by atoms with Crippen molar-refractivity contribution in [1.29, 1.82) is 0 Å². The monoisotopic (exact) mass is 381 g/mol. The Kier molecular flexibility index (Phi) is 5.78. The van der Waals surface area contributed by atoms with Crippen LogP contribution in [0.15, 0.2) is 36.7 Å². The molecule has 28 heavy (non-hydrogen) atoms. The van der Waals surface area contributed by atoms with Crippen molar-refractivity contribution in [1.82, 2.24) is 25.3 Å². The van der Waals surface area contributed by atoms with E-state index in [0.717, 1.165) is 50.2 Å². The van der Waals surface area contributed by atoms with Gasteiger partial charge in [0.1, 0.15) is 0 Å². The molecule has 2 aromatic rings. The van der Waals surface area contributed by atoms with Gasteiger partial charge in [-0.2, -0.15) is 0 Å². The summed E-state index contributed by atoms with van der Waals surface area (Å²) in [6.45, 7) is 6.96. The van der Waals surface area contributed by atoms with E-state index < -0.39 is 0 Å². The average molecular weight is 382 g/mol. The largest absolute Gasteiger partial charge is 0.341 e. The third-order valence-electron chi connectivity index (χ3n) is 5.78. The fraction of sp³-hybridized carbons (Fsp3) is 0.545. The van der Waals surface area contributed by atoms with E-state index in [1.807, 2.05) is 17.3 Å². The maximum atomic E-state index is 12.0. The number of aromatic nitrogens is 2. The summed E-state index contributed by atoms with van der Waals surface area (Å²) < 4.78 is 2.24. The lowest BCUT2D eigenvalue weighted by molar-refractivity contribution is -0.127. The molecule has 2 saturated heterocycles. The maximum absolute atomic E-state index is 12.0. The lowest BCUT2D eigenvalue weighted by Gasteiger charge is -2.19. The molecule has 2 aliphatic rings. The van der Waals surface area contributed by atoms with Gasteiger partial charge < -0.3 is 9.47 Å². The summed E-state index contributed by atoms with van der Waals surface area (Å²) in [6, 6.07) is 11.1. The molecule has 6 nitrogen and oxygen atoms in total. The van der Waals surface area contributed by atoms with Crippen LogP contribution in [0.2, 0.25) is 0 Å². The fourth-order valence-corrected chi connectivity index (χ4v) is 4.45. The number of imidazole rings is 1. The number of carbonyl (C=O) groups excluding carboxylic acids is 1. The molecular formula is C22H31N5O. The second-order valence-electron chi connectivity index (χ2n) is 8.43. The van der Waals surface area contributed by atoms with Crippen LogP contribution in [0.25, 0.3) is 11.3 Å². The molecule has 0 aliphatic carbocycles. The molecule has 2 atom stereocenters. The van der Waals surface area contributed by atoms with Crippen molar-refractivity contribution >= 4 is 5.91 Å². The zero-order valence-corrected chi connectivity index (χ0v) is 16.9. The second-order valence-corrected chi connectivity index (χ2v) is 8.43. The van der Waals surface area contributed by atoms with Crippen LogP contribution in [0.5, 0.6) is 0 Å². The fourth-order valence-electron chi connectivity index (χ4n) is 4.45. The smallest absolute Gasteiger partial charge is 0.222 e. The average Bonchev–Trinajstić information content (AvgIpc) is 3.40. The van der Waals surface area contributed by atoms with Crippen molar-refractivity contribution in [2.24, 2.45) is 5.92 Å². The summed E-state index contributed by atoms with van der Waals surface area (Å²) in [5.74, 6) is 0.945. The molecule has 0 saturated carbocycles. The minimum atomic E-state index is 0.218. The van der Waals surface area contributed by atoms with Crippen LogP contribution in [-0.4, -0.2) is 39.5 Å². The quantitative estimate of drug-likeness (QED) is 0.774. The number of hydrazine groups is 1. The zero-order chi connectivity index (χ0) is 19.5. The van der Waals surface area contributed by atoms with Gasteiger partial charge in [-0.25, -0.2) is 10.4 Å². The highest BCUT2D eigenvalue weighted by Gasteiger charge is 2.31. The van der Waals surface area contributed by atoms with Crippen molar-refractivity contribution in [2.45, 2.75) is 58.2 Å². The normalized spacial score (nSPS) is 22.5. The first-order valence-corrected chi connectivity index (χ1v) is 10.5. The molecule has 2 aliphatic heterocycles.